The molecule has 4 aliphatic carbocycles. The average Bonchev–Trinajstić information content (AvgIpc) is 2.97. The molecule has 2 N–H and O–H groups in total. The highest BCUT2D eigenvalue weighted by Crippen LogP contribution is 2.67. The van der Waals surface area contributed by atoms with Crippen LogP contribution in [-0.2, 0) is 0 Å². The Hall–Kier alpha value is -0.340. The largest absolute Gasteiger partial charge is 0.396 e. The predicted molar refractivity (Wildman–Crippen MR) is 111 cm³/mol. The van der Waals surface area contributed by atoms with Gasteiger partial charge in [-0.15, -0.1) is 0 Å². The molecule has 0 aliphatic heterocycles. The fourth-order valence-electron chi connectivity index (χ4n) is 8.29. The second kappa shape index (κ2) is 6.87. The Morgan fingerprint density at radius 1 is 1.11 bits per heavy atom. The van der Waals surface area contributed by atoms with Gasteiger partial charge in [-0.05, 0) is 112 Å². The van der Waals surface area contributed by atoms with E-state index in [1.165, 1.54) is 44.9 Å². The third kappa shape index (κ3) is 3.14. The highest BCUT2D eigenvalue weighted by atomic mass is 16.3. The second-order valence-corrected chi connectivity index (χ2v) is 11.5. The first kappa shape index (κ1) is 20.0. The average molecular weight is 375 g/mol. The summed E-state index contributed by atoms with van der Waals surface area (Å²) in [6.07, 6.45) is 14.7. The lowest BCUT2D eigenvalue weighted by Gasteiger charge is -2.58. The van der Waals surface area contributed by atoms with Crippen molar-refractivity contribution in [1.29, 1.82) is 0 Å². The number of allylic oxidation sites excluding steroid dienone is 2. The summed E-state index contributed by atoms with van der Waals surface area (Å²) < 4.78 is 0. The minimum absolute atomic E-state index is 0.340. The molecular formula is C25H42O2. The van der Waals surface area contributed by atoms with Crippen LogP contribution in [0.4, 0.5) is 0 Å². The fraction of sp³-hybridized carbons (Fsp3) is 0.920. The maximum Gasteiger partial charge on any atom is 0.0623 e. The molecule has 3 saturated carbocycles. The van der Waals surface area contributed by atoms with Gasteiger partial charge in [-0.2, -0.15) is 0 Å². The monoisotopic (exact) mass is 374 g/mol. The Bertz CT molecular complexity index is 593. The molecule has 0 saturated heterocycles. The van der Waals surface area contributed by atoms with Crippen LogP contribution in [0.5, 0.6) is 0 Å². The number of aliphatic hydroxyl groups is 2. The van der Waals surface area contributed by atoms with Crippen LogP contribution in [-0.4, -0.2) is 22.4 Å². The van der Waals surface area contributed by atoms with E-state index in [9.17, 15) is 10.2 Å². The van der Waals surface area contributed by atoms with Gasteiger partial charge < -0.3 is 10.2 Å². The SMILES string of the molecule is C[C@H](CCCO)[C@H]1CC[C@H]2[C@@H]3CC[C@H]4C[C@@](C)(O)CC[C@]4(C)C3=CC[C@]12C. The molecule has 0 heterocycles. The van der Waals surface area contributed by atoms with E-state index in [1.807, 2.05) is 0 Å². The third-order valence-corrected chi connectivity index (χ3v) is 9.89. The van der Waals surface area contributed by atoms with Gasteiger partial charge in [0.2, 0.25) is 0 Å². The first-order valence-corrected chi connectivity index (χ1v) is 11.7. The molecule has 0 aromatic carbocycles. The standard InChI is InChI=1S/C25H42O2/c1-17(6-5-15-26)20-9-10-21-19-8-7-18-16-23(2,27)13-14-24(18,3)22(19)11-12-25(20,21)4/h11,17-21,26-27H,5-10,12-16H2,1-4H3/t17-,18+,19+,20-,21+,23+,24+,25-/m1/s1. The van der Waals surface area contributed by atoms with Crippen molar-refractivity contribution in [3.8, 4) is 0 Å². The molecule has 0 bridgehead atoms. The number of fused-ring (bicyclic) bond motifs is 5. The molecule has 0 spiro atoms. The van der Waals surface area contributed by atoms with Crippen molar-refractivity contribution in [3.05, 3.63) is 11.6 Å². The number of rotatable bonds is 4. The van der Waals surface area contributed by atoms with Crippen LogP contribution in [0.1, 0.15) is 91.9 Å². The molecule has 0 unspecified atom stereocenters. The molecule has 4 aliphatic rings. The summed E-state index contributed by atoms with van der Waals surface area (Å²) in [6.45, 7) is 9.96. The number of aliphatic hydroxyl groups excluding tert-OH is 1. The second-order valence-electron chi connectivity index (χ2n) is 11.5. The molecule has 4 rings (SSSR count). The Labute approximate surface area is 166 Å². The molecule has 3 fully saturated rings. The topological polar surface area (TPSA) is 40.5 Å². The Kier molecular flexibility index (Phi) is 5.08. The van der Waals surface area contributed by atoms with Crippen molar-refractivity contribution in [1.82, 2.24) is 0 Å². The maximum absolute atomic E-state index is 10.6. The summed E-state index contributed by atoms with van der Waals surface area (Å²) in [5.41, 5.74) is 2.15. The van der Waals surface area contributed by atoms with E-state index in [-0.39, 0.29) is 0 Å². The van der Waals surface area contributed by atoms with Crippen molar-refractivity contribution in [2.45, 2.75) is 97.5 Å². The van der Waals surface area contributed by atoms with Crippen LogP contribution in [0.3, 0.4) is 0 Å². The van der Waals surface area contributed by atoms with E-state index < -0.39 is 5.60 Å². The van der Waals surface area contributed by atoms with Gasteiger partial charge in [0.25, 0.3) is 0 Å². The molecule has 27 heavy (non-hydrogen) atoms. The smallest absolute Gasteiger partial charge is 0.0623 e. The Morgan fingerprint density at radius 3 is 2.63 bits per heavy atom. The van der Waals surface area contributed by atoms with E-state index in [0.717, 1.165) is 42.9 Å². The minimum Gasteiger partial charge on any atom is -0.396 e. The van der Waals surface area contributed by atoms with Gasteiger partial charge >= 0.3 is 0 Å². The zero-order valence-corrected chi connectivity index (χ0v) is 18.1. The van der Waals surface area contributed by atoms with E-state index in [2.05, 4.69) is 33.8 Å². The summed E-state index contributed by atoms with van der Waals surface area (Å²) in [4.78, 5) is 0. The lowest BCUT2D eigenvalue weighted by Crippen LogP contribution is -2.50. The van der Waals surface area contributed by atoms with Crippen molar-refractivity contribution in [3.63, 3.8) is 0 Å². The van der Waals surface area contributed by atoms with Crippen molar-refractivity contribution < 1.29 is 10.2 Å². The van der Waals surface area contributed by atoms with Crippen LogP contribution in [0.2, 0.25) is 0 Å². The Morgan fingerprint density at radius 2 is 1.89 bits per heavy atom. The summed E-state index contributed by atoms with van der Waals surface area (Å²) in [6, 6.07) is 0. The maximum atomic E-state index is 10.6. The highest BCUT2D eigenvalue weighted by Gasteiger charge is 2.58. The molecule has 8 atom stereocenters. The van der Waals surface area contributed by atoms with Crippen LogP contribution >= 0.6 is 0 Å². The van der Waals surface area contributed by atoms with Gasteiger partial charge in [-0.3, -0.25) is 0 Å². The molecule has 0 aromatic heterocycles. The zero-order valence-electron chi connectivity index (χ0n) is 18.1. The summed E-state index contributed by atoms with van der Waals surface area (Å²) in [7, 11) is 0. The normalized spacial score (nSPS) is 50.4. The van der Waals surface area contributed by atoms with Crippen molar-refractivity contribution in [2.24, 2.45) is 40.4 Å². The van der Waals surface area contributed by atoms with Gasteiger partial charge in [0, 0.05) is 6.61 Å². The molecule has 2 heteroatoms. The van der Waals surface area contributed by atoms with Crippen LogP contribution in [0.15, 0.2) is 11.6 Å². The summed E-state index contributed by atoms with van der Waals surface area (Å²) >= 11 is 0. The Balaban J connectivity index is 1.58. The molecule has 0 radical (unpaired) electrons. The predicted octanol–water partition coefficient (Wildman–Crippen LogP) is 5.73. The molecular weight excluding hydrogens is 332 g/mol. The lowest BCUT2D eigenvalue weighted by molar-refractivity contribution is -0.0647. The van der Waals surface area contributed by atoms with Crippen LogP contribution in [0.25, 0.3) is 0 Å². The van der Waals surface area contributed by atoms with Crippen LogP contribution < -0.4 is 0 Å². The van der Waals surface area contributed by atoms with Crippen molar-refractivity contribution in [2.75, 3.05) is 6.61 Å². The summed E-state index contributed by atoms with van der Waals surface area (Å²) in [5.74, 6) is 3.89. The lowest BCUT2D eigenvalue weighted by atomic mass is 9.47. The zero-order chi connectivity index (χ0) is 19.4. The molecule has 0 amide bonds. The van der Waals surface area contributed by atoms with Gasteiger partial charge in [0.05, 0.1) is 5.60 Å². The van der Waals surface area contributed by atoms with E-state index in [4.69, 9.17) is 0 Å². The fourth-order valence-corrected chi connectivity index (χ4v) is 8.29. The third-order valence-electron chi connectivity index (χ3n) is 9.89. The number of hydrogen-bond donors (Lipinski definition) is 2. The first-order chi connectivity index (χ1) is 12.7. The van der Waals surface area contributed by atoms with Crippen LogP contribution in [0, 0.1) is 40.4 Å². The molecule has 2 nitrogen and oxygen atoms in total. The van der Waals surface area contributed by atoms with Gasteiger partial charge in [0.1, 0.15) is 0 Å². The van der Waals surface area contributed by atoms with Gasteiger partial charge in [0.15, 0.2) is 0 Å². The van der Waals surface area contributed by atoms with Gasteiger partial charge in [-0.1, -0.05) is 32.4 Å². The molecule has 154 valence electrons. The van der Waals surface area contributed by atoms with Crippen molar-refractivity contribution >= 4 is 0 Å². The molecule has 0 aromatic rings. The number of hydrogen-bond acceptors (Lipinski definition) is 2. The highest BCUT2D eigenvalue weighted by molar-refractivity contribution is 5.29. The van der Waals surface area contributed by atoms with E-state index in [1.54, 1.807) is 5.57 Å². The quantitative estimate of drug-likeness (QED) is 0.617. The minimum atomic E-state index is -0.443. The van der Waals surface area contributed by atoms with E-state index in [0.29, 0.717) is 23.4 Å². The summed E-state index contributed by atoms with van der Waals surface area (Å²) in [5, 5.41) is 19.9. The van der Waals surface area contributed by atoms with E-state index >= 15 is 0 Å². The first-order valence-electron chi connectivity index (χ1n) is 11.7. The van der Waals surface area contributed by atoms with Gasteiger partial charge in [-0.25, -0.2) is 0 Å².